The third kappa shape index (κ3) is 4.56. The highest BCUT2D eigenvalue weighted by atomic mass is 16.2. The van der Waals surface area contributed by atoms with Gasteiger partial charge in [-0.05, 0) is 38.0 Å². The van der Waals surface area contributed by atoms with Gasteiger partial charge in [-0.25, -0.2) is 4.98 Å². The molecule has 2 amide bonds. The highest BCUT2D eigenvalue weighted by molar-refractivity contribution is 5.87. The number of hydrogen-bond donors (Lipinski definition) is 1. The van der Waals surface area contributed by atoms with Crippen LogP contribution in [0.5, 0.6) is 0 Å². The van der Waals surface area contributed by atoms with Crippen LogP contribution >= 0.6 is 0 Å². The molecule has 0 aliphatic carbocycles. The SMILES string of the molecule is C=CC(=O)NC(C)c1nc2ccccc2n1CCC(=O)N1CCCCCC1. The van der Waals surface area contributed by atoms with E-state index in [-0.39, 0.29) is 17.9 Å². The zero-order chi connectivity index (χ0) is 19.2. The van der Waals surface area contributed by atoms with Crippen molar-refractivity contribution in [3.63, 3.8) is 0 Å². The second-order valence-corrected chi connectivity index (χ2v) is 7.09. The van der Waals surface area contributed by atoms with E-state index in [1.807, 2.05) is 36.1 Å². The number of aromatic nitrogens is 2. The lowest BCUT2D eigenvalue weighted by atomic mass is 10.2. The monoisotopic (exact) mass is 368 g/mol. The minimum absolute atomic E-state index is 0.198. The van der Waals surface area contributed by atoms with E-state index in [1.54, 1.807) is 0 Å². The smallest absolute Gasteiger partial charge is 0.243 e. The summed E-state index contributed by atoms with van der Waals surface area (Å²) in [5.74, 6) is 0.722. The number of rotatable bonds is 6. The lowest BCUT2D eigenvalue weighted by molar-refractivity contribution is -0.131. The first-order valence-electron chi connectivity index (χ1n) is 9.76. The van der Waals surface area contributed by atoms with Crippen LogP contribution in [0.15, 0.2) is 36.9 Å². The van der Waals surface area contributed by atoms with Crippen molar-refractivity contribution >= 4 is 22.8 Å². The molecule has 1 aromatic carbocycles. The number of nitrogens with one attached hydrogen (secondary N) is 1. The van der Waals surface area contributed by atoms with Gasteiger partial charge in [0.2, 0.25) is 11.8 Å². The van der Waals surface area contributed by atoms with Crippen LogP contribution in [-0.2, 0) is 16.1 Å². The molecule has 1 unspecified atom stereocenters. The van der Waals surface area contributed by atoms with Gasteiger partial charge in [-0.15, -0.1) is 0 Å². The van der Waals surface area contributed by atoms with Crippen LogP contribution in [0, 0.1) is 0 Å². The van der Waals surface area contributed by atoms with E-state index in [0.29, 0.717) is 13.0 Å². The fourth-order valence-corrected chi connectivity index (χ4v) is 3.68. The molecule has 2 aromatic rings. The third-order valence-corrected chi connectivity index (χ3v) is 5.12. The molecule has 1 atom stereocenters. The van der Waals surface area contributed by atoms with Gasteiger partial charge in [0.25, 0.3) is 0 Å². The predicted octanol–water partition coefficient (Wildman–Crippen LogP) is 3.19. The van der Waals surface area contributed by atoms with Crippen LogP contribution in [0.2, 0.25) is 0 Å². The van der Waals surface area contributed by atoms with E-state index in [9.17, 15) is 9.59 Å². The van der Waals surface area contributed by atoms with Crippen molar-refractivity contribution < 1.29 is 9.59 Å². The number of hydrogen-bond acceptors (Lipinski definition) is 3. The van der Waals surface area contributed by atoms with Gasteiger partial charge in [-0.1, -0.05) is 31.6 Å². The number of carbonyl (C=O) groups excluding carboxylic acids is 2. The molecular formula is C21H28N4O2. The van der Waals surface area contributed by atoms with Crippen LogP contribution in [0.3, 0.4) is 0 Å². The molecular weight excluding hydrogens is 340 g/mol. The van der Waals surface area contributed by atoms with Crippen LogP contribution < -0.4 is 5.32 Å². The molecule has 1 aliphatic heterocycles. The Kier molecular flexibility index (Phi) is 6.27. The molecule has 6 heteroatoms. The Morgan fingerprint density at radius 3 is 2.63 bits per heavy atom. The normalized spacial score (nSPS) is 16.0. The molecule has 2 heterocycles. The zero-order valence-corrected chi connectivity index (χ0v) is 16.0. The van der Waals surface area contributed by atoms with Gasteiger partial charge in [0.1, 0.15) is 5.82 Å². The van der Waals surface area contributed by atoms with Crippen molar-refractivity contribution in [2.45, 2.75) is 51.6 Å². The Hall–Kier alpha value is -2.63. The average Bonchev–Trinajstić information content (AvgIpc) is 2.84. The maximum absolute atomic E-state index is 12.7. The Balaban J connectivity index is 1.79. The number of likely N-dealkylation sites (tertiary alicyclic amines) is 1. The minimum Gasteiger partial charge on any atom is -0.343 e. The van der Waals surface area contributed by atoms with E-state index < -0.39 is 0 Å². The van der Waals surface area contributed by atoms with Crippen molar-refractivity contribution in [3.05, 3.63) is 42.7 Å². The summed E-state index contributed by atoms with van der Waals surface area (Å²) < 4.78 is 2.05. The van der Waals surface area contributed by atoms with Crippen molar-refractivity contribution in [2.24, 2.45) is 0 Å². The Labute approximate surface area is 160 Å². The number of imidazole rings is 1. The van der Waals surface area contributed by atoms with Crippen molar-refractivity contribution in [2.75, 3.05) is 13.1 Å². The summed E-state index contributed by atoms with van der Waals surface area (Å²) in [5.41, 5.74) is 1.85. The molecule has 1 aromatic heterocycles. The number of aryl methyl sites for hydroxylation is 1. The van der Waals surface area contributed by atoms with Crippen molar-refractivity contribution in [1.82, 2.24) is 19.8 Å². The first-order valence-corrected chi connectivity index (χ1v) is 9.76. The molecule has 6 nitrogen and oxygen atoms in total. The number of amides is 2. The number of fused-ring (bicyclic) bond motifs is 1. The molecule has 1 saturated heterocycles. The van der Waals surface area contributed by atoms with Crippen molar-refractivity contribution in [1.29, 1.82) is 0 Å². The average molecular weight is 368 g/mol. The maximum atomic E-state index is 12.7. The van der Waals surface area contributed by atoms with Crippen molar-refractivity contribution in [3.8, 4) is 0 Å². The van der Waals surface area contributed by atoms with Gasteiger partial charge in [0, 0.05) is 26.1 Å². The molecule has 1 N–H and O–H groups in total. The second-order valence-electron chi connectivity index (χ2n) is 7.09. The molecule has 0 radical (unpaired) electrons. The maximum Gasteiger partial charge on any atom is 0.243 e. The van der Waals surface area contributed by atoms with Gasteiger partial charge < -0.3 is 14.8 Å². The summed E-state index contributed by atoms with van der Waals surface area (Å²) in [6, 6.07) is 7.60. The fourth-order valence-electron chi connectivity index (χ4n) is 3.68. The highest BCUT2D eigenvalue weighted by Gasteiger charge is 2.20. The van der Waals surface area contributed by atoms with Crippen LogP contribution in [-0.4, -0.2) is 39.4 Å². The van der Waals surface area contributed by atoms with Crippen LogP contribution in [0.4, 0.5) is 0 Å². The summed E-state index contributed by atoms with van der Waals surface area (Å²) in [4.78, 5) is 31.1. The summed E-state index contributed by atoms with van der Waals surface area (Å²) in [7, 11) is 0. The molecule has 1 aliphatic rings. The van der Waals surface area contributed by atoms with Gasteiger partial charge in [0.15, 0.2) is 0 Å². The standard InChI is InChI=1S/C21H28N4O2/c1-3-19(26)22-16(2)21-23-17-10-6-7-11-18(17)25(21)15-12-20(27)24-13-8-4-5-9-14-24/h3,6-7,10-11,16H,1,4-5,8-9,12-15H2,2H3,(H,22,26). The number of nitrogens with zero attached hydrogens (tertiary/aromatic N) is 3. The molecule has 0 bridgehead atoms. The van der Waals surface area contributed by atoms with Gasteiger partial charge in [-0.3, -0.25) is 9.59 Å². The molecule has 144 valence electrons. The summed E-state index contributed by atoms with van der Waals surface area (Å²) in [6.07, 6.45) is 6.30. The van der Waals surface area contributed by atoms with Gasteiger partial charge in [0.05, 0.1) is 17.1 Å². The molecule has 0 spiro atoms. The molecule has 3 rings (SSSR count). The van der Waals surface area contributed by atoms with Crippen LogP contribution in [0.25, 0.3) is 11.0 Å². The summed E-state index contributed by atoms with van der Waals surface area (Å²) in [6.45, 7) is 7.68. The zero-order valence-electron chi connectivity index (χ0n) is 16.0. The van der Waals surface area contributed by atoms with E-state index in [0.717, 1.165) is 42.8 Å². The lowest BCUT2D eigenvalue weighted by Crippen LogP contribution is -2.33. The summed E-state index contributed by atoms with van der Waals surface area (Å²) >= 11 is 0. The third-order valence-electron chi connectivity index (χ3n) is 5.12. The Morgan fingerprint density at radius 2 is 1.93 bits per heavy atom. The molecule has 0 saturated carbocycles. The first kappa shape index (κ1) is 19.1. The Morgan fingerprint density at radius 1 is 1.22 bits per heavy atom. The molecule has 1 fully saturated rings. The highest BCUT2D eigenvalue weighted by Crippen LogP contribution is 2.22. The lowest BCUT2D eigenvalue weighted by Gasteiger charge is -2.21. The van der Waals surface area contributed by atoms with E-state index in [1.165, 1.54) is 18.9 Å². The predicted molar refractivity (Wildman–Crippen MR) is 106 cm³/mol. The second kappa shape index (κ2) is 8.84. The van der Waals surface area contributed by atoms with Gasteiger partial charge >= 0.3 is 0 Å². The van der Waals surface area contributed by atoms with E-state index in [4.69, 9.17) is 4.98 Å². The Bertz CT molecular complexity index is 819. The topological polar surface area (TPSA) is 67.2 Å². The van der Waals surface area contributed by atoms with E-state index in [2.05, 4.69) is 16.5 Å². The number of carbonyl (C=O) groups is 2. The number of para-hydroxylation sites is 2. The quantitative estimate of drug-likeness (QED) is 0.796. The summed E-state index contributed by atoms with van der Waals surface area (Å²) in [5, 5.41) is 2.87. The largest absolute Gasteiger partial charge is 0.343 e. The minimum atomic E-state index is -0.267. The van der Waals surface area contributed by atoms with E-state index >= 15 is 0 Å². The van der Waals surface area contributed by atoms with Gasteiger partial charge in [-0.2, -0.15) is 0 Å². The molecule has 27 heavy (non-hydrogen) atoms. The van der Waals surface area contributed by atoms with Crippen LogP contribution in [0.1, 0.15) is 50.9 Å². The first-order chi connectivity index (χ1) is 13.1. The number of benzene rings is 1. The fraction of sp³-hybridized carbons (Fsp3) is 0.476.